The third kappa shape index (κ3) is 4.02. The Labute approximate surface area is 130 Å². The van der Waals surface area contributed by atoms with Gasteiger partial charge in [0.2, 0.25) is 6.10 Å². The Morgan fingerprint density at radius 2 is 2.10 bits per heavy atom. The molecule has 2 atom stereocenters. The van der Waals surface area contributed by atoms with Gasteiger partial charge in [0, 0.05) is 12.6 Å². The van der Waals surface area contributed by atoms with Crippen molar-refractivity contribution in [1.29, 1.82) is 0 Å². The van der Waals surface area contributed by atoms with Crippen LogP contribution in [-0.2, 0) is 4.79 Å². The summed E-state index contributed by atoms with van der Waals surface area (Å²) in [6, 6.07) is 7.79. The van der Waals surface area contributed by atoms with Gasteiger partial charge in [-0.15, -0.1) is 12.4 Å². The first-order chi connectivity index (χ1) is 9.83. The van der Waals surface area contributed by atoms with Gasteiger partial charge in [0.25, 0.3) is 5.91 Å². The zero-order valence-corrected chi connectivity index (χ0v) is 12.7. The summed E-state index contributed by atoms with van der Waals surface area (Å²) in [6.45, 7) is 1.96. The standard InChI is InChI=1S/C15H20N2O3.ClH/c18-15(17-9-11-5-3-4-8-16-11)14-10-19-12-6-1-2-7-13(12)20-14;/h1-2,6-7,11,14,16H,3-5,8-10H2,(H,17,18);1H. The maximum Gasteiger partial charge on any atom is 0.264 e. The second-order valence-electron chi connectivity index (χ2n) is 5.26. The van der Waals surface area contributed by atoms with Gasteiger partial charge in [-0.25, -0.2) is 0 Å². The second-order valence-corrected chi connectivity index (χ2v) is 5.26. The van der Waals surface area contributed by atoms with Gasteiger partial charge in [0.15, 0.2) is 11.5 Å². The minimum atomic E-state index is -0.562. The molecule has 1 aromatic carbocycles. The third-order valence-corrected chi connectivity index (χ3v) is 3.74. The number of benzene rings is 1. The fraction of sp³-hybridized carbons (Fsp3) is 0.533. The van der Waals surface area contributed by atoms with Crippen molar-refractivity contribution in [3.63, 3.8) is 0 Å². The van der Waals surface area contributed by atoms with E-state index < -0.39 is 6.10 Å². The van der Waals surface area contributed by atoms with E-state index in [4.69, 9.17) is 9.47 Å². The monoisotopic (exact) mass is 312 g/mol. The Morgan fingerprint density at radius 1 is 1.29 bits per heavy atom. The first kappa shape index (κ1) is 15.9. The topological polar surface area (TPSA) is 59.6 Å². The summed E-state index contributed by atoms with van der Waals surface area (Å²) in [5.74, 6) is 1.23. The highest BCUT2D eigenvalue weighted by atomic mass is 35.5. The minimum Gasteiger partial charge on any atom is -0.485 e. The van der Waals surface area contributed by atoms with Gasteiger partial charge in [0.1, 0.15) is 6.61 Å². The lowest BCUT2D eigenvalue weighted by Gasteiger charge is -2.27. The first-order valence-corrected chi connectivity index (χ1v) is 7.22. The van der Waals surface area contributed by atoms with Gasteiger partial charge in [-0.1, -0.05) is 18.6 Å². The van der Waals surface area contributed by atoms with Crippen LogP contribution >= 0.6 is 12.4 Å². The molecule has 0 radical (unpaired) electrons. The smallest absolute Gasteiger partial charge is 0.264 e. The number of ether oxygens (including phenoxy) is 2. The molecule has 0 aromatic heterocycles. The molecule has 21 heavy (non-hydrogen) atoms. The molecule has 2 N–H and O–H groups in total. The van der Waals surface area contributed by atoms with Gasteiger partial charge in [-0.2, -0.15) is 0 Å². The van der Waals surface area contributed by atoms with Crippen LogP contribution in [0.5, 0.6) is 11.5 Å². The highest BCUT2D eigenvalue weighted by Crippen LogP contribution is 2.30. The summed E-state index contributed by atoms with van der Waals surface area (Å²) in [7, 11) is 0. The van der Waals surface area contributed by atoms with Crippen molar-refractivity contribution in [2.24, 2.45) is 0 Å². The van der Waals surface area contributed by atoms with E-state index in [2.05, 4.69) is 10.6 Å². The maximum absolute atomic E-state index is 12.1. The Hall–Kier alpha value is -1.46. The van der Waals surface area contributed by atoms with Crippen LogP contribution in [0.1, 0.15) is 19.3 Å². The molecule has 2 heterocycles. The molecule has 1 aromatic rings. The van der Waals surface area contributed by atoms with Crippen LogP contribution in [0, 0.1) is 0 Å². The average molecular weight is 313 g/mol. The SMILES string of the molecule is Cl.O=C(NCC1CCCCN1)C1COc2ccccc2O1. The van der Waals surface area contributed by atoms with E-state index in [0.717, 1.165) is 13.0 Å². The van der Waals surface area contributed by atoms with Crippen LogP contribution in [0.25, 0.3) is 0 Å². The van der Waals surface area contributed by atoms with E-state index in [1.807, 2.05) is 24.3 Å². The summed E-state index contributed by atoms with van der Waals surface area (Å²) >= 11 is 0. The predicted octanol–water partition coefficient (Wildman–Crippen LogP) is 1.51. The number of nitrogens with one attached hydrogen (secondary N) is 2. The van der Waals surface area contributed by atoms with Crippen molar-refractivity contribution >= 4 is 18.3 Å². The number of hydrogen-bond donors (Lipinski definition) is 2. The summed E-state index contributed by atoms with van der Waals surface area (Å²) in [6.07, 6.45) is 3.00. The van der Waals surface area contributed by atoms with E-state index in [1.165, 1.54) is 12.8 Å². The zero-order chi connectivity index (χ0) is 13.8. The van der Waals surface area contributed by atoms with E-state index in [1.54, 1.807) is 0 Å². The lowest BCUT2D eigenvalue weighted by molar-refractivity contribution is -0.130. The summed E-state index contributed by atoms with van der Waals surface area (Å²) < 4.78 is 11.2. The van der Waals surface area contributed by atoms with Crippen molar-refractivity contribution in [2.75, 3.05) is 19.7 Å². The number of carbonyl (C=O) groups is 1. The number of carbonyl (C=O) groups excluding carboxylic acids is 1. The molecule has 0 aliphatic carbocycles. The van der Waals surface area contributed by atoms with Gasteiger partial charge in [-0.05, 0) is 31.5 Å². The molecule has 3 rings (SSSR count). The molecule has 2 aliphatic heterocycles. The number of para-hydroxylation sites is 2. The van der Waals surface area contributed by atoms with Gasteiger partial charge in [0.05, 0.1) is 0 Å². The molecule has 0 bridgehead atoms. The Kier molecular flexibility index (Phi) is 5.70. The Bertz CT molecular complexity index is 478. The number of piperidine rings is 1. The van der Waals surface area contributed by atoms with Crippen LogP contribution in [0.4, 0.5) is 0 Å². The molecule has 0 saturated carbocycles. The molecule has 6 heteroatoms. The molecule has 2 unspecified atom stereocenters. The molecule has 1 amide bonds. The molecule has 1 fully saturated rings. The number of hydrogen-bond acceptors (Lipinski definition) is 4. The third-order valence-electron chi connectivity index (χ3n) is 3.74. The molecule has 116 valence electrons. The normalized spacial score (nSPS) is 23.8. The Morgan fingerprint density at radius 3 is 2.86 bits per heavy atom. The molecule has 1 saturated heterocycles. The van der Waals surface area contributed by atoms with E-state index in [-0.39, 0.29) is 24.9 Å². The highest BCUT2D eigenvalue weighted by Gasteiger charge is 2.27. The molecule has 0 spiro atoms. The highest BCUT2D eigenvalue weighted by molar-refractivity contribution is 5.85. The largest absolute Gasteiger partial charge is 0.485 e. The Balaban J connectivity index is 0.00000161. The lowest BCUT2D eigenvalue weighted by Crippen LogP contribution is -2.49. The van der Waals surface area contributed by atoms with Crippen LogP contribution in [0.3, 0.4) is 0 Å². The number of amides is 1. The van der Waals surface area contributed by atoms with Crippen molar-refractivity contribution in [3.05, 3.63) is 24.3 Å². The summed E-state index contributed by atoms with van der Waals surface area (Å²) in [5.41, 5.74) is 0. The van der Waals surface area contributed by atoms with Crippen LogP contribution in [0.15, 0.2) is 24.3 Å². The van der Waals surface area contributed by atoms with Crippen LogP contribution in [0.2, 0.25) is 0 Å². The number of rotatable bonds is 3. The fourth-order valence-corrected chi connectivity index (χ4v) is 2.58. The predicted molar refractivity (Wildman–Crippen MR) is 82.3 cm³/mol. The molecular formula is C15H21ClN2O3. The summed E-state index contributed by atoms with van der Waals surface area (Å²) in [5, 5.41) is 6.35. The lowest BCUT2D eigenvalue weighted by atomic mass is 10.1. The second kappa shape index (κ2) is 7.52. The number of fused-ring (bicyclic) bond motifs is 1. The van der Waals surface area contributed by atoms with Crippen LogP contribution < -0.4 is 20.1 Å². The van der Waals surface area contributed by atoms with Crippen molar-refractivity contribution < 1.29 is 14.3 Å². The van der Waals surface area contributed by atoms with Crippen molar-refractivity contribution in [3.8, 4) is 11.5 Å². The summed E-state index contributed by atoms with van der Waals surface area (Å²) in [4.78, 5) is 12.1. The average Bonchev–Trinajstić information content (AvgIpc) is 2.53. The van der Waals surface area contributed by atoms with Crippen molar-refractivity contribution in [1.82, 2.24) is 10.6 Å². The van der Waals surface area contributed by atoms with Crippen LogP contribution in [-0.4, -0.2) is 37.7 Å². The molecule has 2 aliphatic rings. The fourth-order valence-electron chi connectivity index (χ4n) is 2.58. The van der Waals surface area contributed by atoms with E-state index in [9.17, 15) is 4.79 Å². The van der Waals surface area contributed by atoms with Crippen molar-refractivity contribution in [2.45, 2.75) is 31.4 Å². The minimum absolute atomic E-state index is 0. The number of halogens is 1. The van der Waals surface area contributed by atoms with E-state index >= 15 is 0 Å². The zero-order valence-electron chi connectivity index (χ0n) is 11.8. The quantitative estimate of drug-likeness (QED) is 0.888. The van der Waals surface area contributed by atoms with Gasteiger partial charge >= 0.3 is 0 Å². The maximum atomic E-state index is 12.1. The van der Waals surface area contributed by atoms with Gasteiger partial charge < -0.3 is 20.1 Å². The van der Waals surface area contributed by atoms with Gasteiger partial charge in [-0.3, -0.25) is 4.79 Å². The molecular weight excluding hydrogens is 292 g/mol. The van der Waals surface area contributed by atoms with E-state index in [0.29, 0.717) is 24.1 Å². The first-order valence-electron chi connectivity index (χ1n) is 7.22. The molecule has 5 nitrogen and oxygen atoms in total.